The first-order chi connectivity index (χ1) is 9.22. The van der Waals surface area contributed by atoms with E-state index in [0.29, 0.717) is 0 Å². The lowest BCUT2D eigenvalue weighted by molar-refractivity contribution is 0.468. The molecule has 0 saturated carbocycles. The SMILES string of the molecule is Cc1ccc(C)c(C(C)(N)Cc2c(Br)c(C)nn2C)c1. The van der Waals surface area contributed by atoms with Gasteiger partial charge in [0.2, 0.25) is 0 Å². The van der Waals surface area contributed by atoms with Gasteiger partial charge in [-0.05, 0) is 54.8 Å². The van der Waals surface area contributed by atoms with E-state index in [0.717, 1.165) is 22.3 Å². The Morgan fingerprint density at radius 1 is 1.30 bits per heavy atom. The van der Waals surface area contributed by atoms with Crippen molar-refractivity contribution in [3.05, 3.63) is 50.8 Å². The lowest BCUT2D eigenvalue weighted by atomic mass is 9.84. The normalized spacial score (nSPS) is 14.3. The highest BCUT2D eigenvalue weighted by Crippen LogP contribution is 2.30. The molecule has 0 amide bonds. The maximum absolute atomic E-state index is 6.62. The molecule has 108 valence electrons. The van der Waals surface area contributed by atoms with E-state index in [1.54, 1.807) is 0 Å². The van der Waals surface area contributed by atoms with Crippen LogP contribution in [0.5, 0.6) is 0 Å². The highest BCUT2D eigenvalue weighted by atomic mass is 79.9. The minimum atomic E-state index is -0.418. The van der Waals surface area contributed by atoms with Crippen LogP contribution in [0.2, 0.25) is 0 Å². The van der Waals surface area contributed by atoms with Gasteiger partial charge in [-0.1, -0.05) is 23.8 Å². The van der Waals surface area contributed by atoms with E-state index in [1.807, 2.05) is 18.7 Å². The predicted molar refractivity (Wildman–Crippen MR) is 86.8 cm³/mol. The van der Waals surface area contributed by atoms with Gasteiger partial charge in [-0.3, -0.25) is 4.68 Å². The van der Waals surface area contributed by atoms with Crippen molar-refractivity contribution in [2.45, 2.75) is 39.7 Å². The topological polar surface area (TPSA) is 43.8 Å². The molecule has 0 aliphatic heterocycles. The van der Waals surface area contributed by atoms with E-state index in [9.17, 15) is 0 Å². The van der Waals surface area contributed by atoms with Gasteiger partial charge in [0.25, 0.3) is 0 Å². The van der Waals surface area contributed by atoms with Gasteiger partial charge in [-0.15, -0.1) is 0 Å². The molecule has 1 aromatic heterocycles. The summed E-state index contributed by atoms with van der Waals surface area (Å²) in [6.45, 7) is 8.30. The molecule has 0 spiro atoms. The van der Waals surface area contributed by atoms with Crippen molar-refractivity contribution in [1.29, 1.82) is 0 Å². The summed E-state index contributed by atoms with van der Waals surface area (Å²) < 4.78 is 2.97. The van der Waals surface area contributed by atoms with Gasteiger partial charge in [-0.25, -0.2) is 0 Å². The smallest absolute Gasteiger partial charge is 0.0738 e. The molecule has 1 heterocycles. The molecule has 4 heteroatoms. The van der Waals surface area contributed by atoms with Crippen molar-refractivity contribution in [1.82, 2.24) is 9.78 Å². The first kappa shape index (κ1) is 15.3. The van der Waals surface area contributed by atoms with Gasteiger partial charge >= 0.3 is 0 Å². The van der Waals surface area contributed by atoms with Crippen LogP contribution in [0, 0.1) is 20.8 Å². The summed E-state index contributed by atoms with van der Waals surface area (Å²) in [7, 11) is 1.96. The third-order valence-corrected chi connectivity index (χ3v) is 4.84. The van der Waals surface area contributed by atoms with Gasteiger partial charge in [0.15, 0.2) is 0 Å². The lowest BCUT2D eigenvalue weighted by Gasteiger charge is -2.28. The standard InChI is InChI=1S/C16H22BrN3/c1-10-6-7-11(2)13(8-10)16(4,18)9-14-15(17)12(3)19-20(14)5/h6-8H,9,18H2,1-5H3. The van der Waals surface area contributed by atoms with Crippen molar-refractivity contribution in [2.75, 3.05) is 0 Å². The van der Waals surface area contributed by atoms with Gasteiger partial charge in [0, 0.05) is 19.0 Å². The summed E-state index contributed by atoms with van der Waals surface area (Å²) in [6, 6.07) is 6.45. The lowest BCUT2D eigenvalue weighted by Crippen LogP contribution is -2.37. The molecule has 0 aliphatic rings. The van der Waals surface area contributed by atoms with Crippen LogP contribution in [0.3, 0.4) is 0 Å². The molecule has 0 saturated heterocycles. The Kier molecular flexibility index (Phi) is 4.07. The molecule has 1 atom stereocenters. The zero-order valence-electron chi connectivity index (χ0n) is 12.8. The summed E-state index contributed by atoms with van der Waals surface area (Å²) >= 11 is 3.62. The van der Waals surface area contributed by atoms with Crippen LogP contribution in [-0.4, -0.2) is 9.78 Å². The number of aryl methyl sites for hydroxylation is 4. The first-order valence-electron chi connectivity index (χ1n) is 6.77. The maximum Gasteiger partial charge on any atom is 0.0738 e. The molecule has 2 rings (SSSR count). The number of hydrogen-bond donors (Lipinski definition) is 1. The number of halogens is 1. The van der Waals surface area contributed by atoms with Crippen LogP contribution >= 0.6 is 15.9 Å². The fourth-order valence-corrected chi connectivity index (χ4v) is 3.14. The van der Waals surface area contributed by atoms with Crippen LogP contribution in [0.1, 0.15) is 35.0 Å². The third kappa shape index (κ3) is 2.81. The summed E-state index contributed by atoms with van der Waals surface area (Å²) in [5.41, 5.74) is 12.0. The van der Waals surface area contributed by atoms with E-state index in [1.165, 1.54) is 16.7 Å². The molecule has 1 unspecified atom stereocenters. The molecule has 0 fully saturated rings. The molecule has 20 heavy (non-hydrogen) atoms. The molecule has 0 aliphatic carbocycles. The Morgan fingerprint density at radius 2 is 1.95 bits per heavy atom. The summed E-state index contributed by atoms with van der Waals surface area (Å²) in [5, 5.41) is 4.44. The van der Waals surface area contributed by atoms with Crippen LogP contribution in [-0.2, 0) is 19.0 Å². The molecule has 3 nitrogen and oxygen atoms in total. The van der Waals surface area contributed by atoms with Crippen LogP contribution < -0.4 is 5.73 Å². The fourth-order valence-electron chi connectivity index (χ4n) is 2.67. The Balaban J connectivity index is 2.42. The van der Waals surface area contributed by atoms with E-state index in [-0.39, 0.29) is 0 Å². The van der Waals surface area contributed by atoms with Crippen molar-refractivity contribution in [3.63, 3.8) is 0 Å². The fraction of sp³-hybridized carbons (Fsp3) is 0.438. The van der Waals surface area contributed by atoms with Gasteiger partial charge in [-0.2, -0.15) is 5.10 Å². The van der Waals surface area contributed by atoms with Gasteiger partial charge < -0.3 is 5.73 Å². The summed E-state index contributed by atoms with van der Waals surface area (Å²) in [4.78, 5) is 0. The van der Waals surface area contributed by atoms with E-state index >= 15 is 0 Å². The van der Waals surface area contributed by atoms with Crippen molar-refractivity contribution in [2.24, 2.45) is 12.8 Å². The van der Waals surface area contributed by atoms with Crippen molar-refractivity contribution >= 4 is 15.9 Å². The van der Waals surface area contributed by atoms with E-state index in [2.05, 4.69) is 60.0 Å². The molecule has 0 radical (unpaired) electrons. The molecule has 1 aromatic carbocycles. The second-order valence-electron chi connectivity index (χ2n) is 5.88. The number of hydrogen-bond acceptors (Lipinski definition) is 2. The minimum Gasteiger partial charge on any atom is -0.321 e. The average Bonchev–Trinajstić information content (AvgIpc) is 2.59. The third-order valence-electron chi connectivity index (χ3n) is 3.80. The zero-order valence-corrected chi connectivity index (χ0v) is 14.4. The van der Waals surface area contributed by atoms with E-state index in [4.69, 9.17) is 5.73 Å². The number of nitrogens with two attached hydrogens (primary N) is 1. The molecular formula is C16H22BrN3. The Bertz CT molecular complexity index is 641. The zero-order chi connectivity index (χ0) is 15.1. The Morgan fingerprint density at radius 3 is 2.50 bits per heavy atom. The predicted octanol–water partition coefficient (Wildman–Crippen LogP) is 3.52. The monoisotopic (exact) mass is 335 g/mol. The Hall–Kier alpha value is -1.13. The molecule has 2 aromatic rings. The average molecular weight is 336 g/mol. The molecule has 2 N–H and O–H groups in total. The van der Waals surface area contributed by atoms with E-state index < -0.39 is 5.54 Å². The van der Waals surface area contributed by atoms with Crippen molar-refractivity contribution < 1.29 is 0 Å². The van der Waals surface area contributed by atoms with Crippen molar-refractivity contribution in [3.8, 4) is 0 Å². The largest absolute Gasteiger partial charge is 0.321 e. The Labute approximate surface area is 129 Å². The molecular weight excluding hydrogens is 314 g/mol. The summed E-state index contributed by atoms with van der Waals surface area (Å²) in [5.74, 6) is 0. The quantitative estimate of drug-likeness (QED) is 0.932. The second-order valence-corrected chi connectivity index (χ2v) is 6.68. The highest BCUT2D eigenvalue weighted by molar-refractivity contribution is 9.10. The van der Waals surface area contributed by atoms with Crippen LogP contribution in [0.25, 0.3) is 0 Å². The second kappa shape index (κ2) is 5.34. The minimum absolute atomic E-state index is 0.418. The van der Waals surface area contributed by atoms with Crippen LogP contribution in [0.4, 0.5) is 0 Å². The number of aromatic nitrogens is 2. The van der Waals surface area contributed by atoms with Gasteiger partial charge in [0.05, 0.1) is 15.9 Å². The number of nitrogens with zero attached hydrogens (tertiary/aromatic N) is 2. The summed E-state index contributed by atoms with van der Waals surface area (Å²) in [6.07, 6.45) is 0.745. The van der Waals surface area contributed by atoms with Gasteiger partial charge in [0.1, 0.15) is 0 Å². The van der Waals surface area contributed by atoms with Crippen LogP contribution in [0.15, 0.2) is 22.7 Å². The number of rotatable bonds is 3. The molecule has 0 bridgehead atoms. The maximum atomic E-state index is 6.62. The number of benzene rings is 1. The highest BCUT2D eigenvalue weighted by Gasteiger charge is 2.27. The first-order valence-corrected chi connectivity index (χ1v) is 7.56.